The molecule has 0 bridgehead atoms. The summed E-state index contributed by atoms with van der Waals surface area (Å²) in [5, 5.41) is 12.7. The number of nitrogens with one attached hydrogen (secondary N) is 2. The first-order chi connectivity index (χ1) is 13.8. The number of nitrogens with zero attached hydrogens (tertiary/aromatic N) is 4. The van der Waals surface area contributed by atoms with Crippen LogP contribution in [0, 0.1) is 0 Å². The Bertz CT molecular complexity index is 1120. The van der Waals surface area contributed by atoms with Crippen LogP contribution in [0.2, 0.25) is 5.02 Å². The summed E-state index contributed by atoms with van der Waals surface area (Å²) in [6.07, 6.45) is 1.74. The molecule has 0 amide bonds. The van der Waals surface area contributed by atoms with E-state index in [0.29, 0.717) is 5.65 Å². The van der Waals surface area contributed by atoms with Crippen LogP contribution in [-0.2, 0) is 0 Å². The molecule has 0 spiro atoms. The van der Waals surface area contributed by atoms with Crippen LogP contribution >= 0.6 is 11.6 Å². The van der Waals surface area contributed by atoms with Gasteiger partial charge in [0.15, 0.2) is 5.65 Å². The van der Waals surface area contributed by atoms with Gasteiger partial charge in [0.2, 0.25) is 0 Å². The number of anilines is 1. The lowest BCUT2D eigenvalue weighted by Crippen LogP contribution is -2.46. The predicted octanol–water partition coefficient (Wildman–Crippen LogP) is 3.82. The first-order valence-corrected chi connectivity index (χ1v) is 9.66. The Hall–Kier alpha value is -2.96. The van der Waals surface area contributed by atoms with Crippen LogP contribution in [0.5, 0.6) is 0 Å². The molecule has 1 aromatic carbocycles. The van der Waals surface area contributed by atoms with Gasteiger partial charge in [-0.05, 0) is 42.0 Å². The molecule has 4 heterocycles. The minimum Gasteiger partial charge on any atom is -0.353 e. The van der Waals surface area contributed by atoms with Crippen molar-refractivity contribution in [1.29, 1.82) is 0 Å². The molecule has 0 aliphatic carbocycles. The Morgan fingerprint density at radius 1 is 1.07 bits per heavy atom. The molecule has 7 heteroatoms. The number of hydrogen-bond acceptors (Lipinski definition) is 5. The van der Waals surface area contributed by atoms with Crippen LogP contribution in [0.3, 0.4) is 0 Å². The largest absolute Gasteiger partial charge is 0.353 e. The van der Waals surface area contributed by atoms with Gasteiger partial charge in [-0.15, -0.1) is 0 Å². The maximum absolute atomic E-state index is 6.17. The van der Waals surface area contributed by atoms with E-state index in [1.807, 2.05) is 42.5 Å². The van der Waals surface area contributed by atoms with Gasteiger partial charge in [-0.3, -0.25) is 5.10 Å². The van der Waals surface area contributed by atoms with Gasteiger partial charge in [0.1, 0.15) is 5.82 Å². The van der Waals surface area contributed by atoms with E-state index in [0.717, 1.165) is 47.2 Å². The maximum Gasteiger partial charge on any atom is 0.181 e. The molecule has 1 atom stereocenters. The van der Waals surface area contributed by atoms with E-state index in [4.69, 9.17) is 16.6 Å². The number of H-pyrrole nitrogens is 1. The molecule has 0 radical (unpaired) electrons. The summed E-state index contributed by atoms with van der Waals surface area (Å²) < 4.78 is 0. The smallest absolute Gasteiger partial charge is 0.181 e. The van der Waals surface area contributed by atoms with E-state index >= 15 is 0 Å². The van der Waals surface area contributed by atoms with E-state index in [9.17, 15) is 0 Å². The lowest BCUT2D eigenvalue weighted by molar-refractivity contribution is 0.470. The number of aromatic amines is 1. The molecule has 1 unspecified atom stereocenters. The minimum atomic E-state index is 0.218. The average molecular weight is 391 g/mol. The molecule has 1 aliphatic heterocycles. The fourth-order valence-corrected chi connectivity index (χ4v) is 3.89. The molecule has 5 rings (SSSR count). The third-order valence-electron chi connectivity index (χ3n) is 5.07. The van der Waals surface area contributed by atoms with Gasteiger partial charge in [-0.25, -0.2) is 9.97 Å². The van der Waals surface area contributed by atoms with Crippen molar-refractivity contribution in [3.8, 4) is 11.4 Å². The number of benzene rings is 1. The second kappa shape index (κ2) is 7.22. The molecular formula is C21H19ClN6. The molecule has 140 valence electrons. The third-order valence-corrected chi connectivity index (χ3v) is 5.31. The molecule has 3 aromatic heterocycles. The Morgan fingerprint density at radius 2 is 2.00 bits per heavy atom. The van der Waals surface area contributed by atoms with Crippen molar-refractivity contribution in [2.75, 3.05) is 24.5 Å². The van der Waals surface area contributed by atoms with Crippen molar-refractivity contribution in [3.05, 3.63) is 71.4 Å². The molecule has 0 saturated carbocycles. The van der Waals surface area contributed by atoms with Crippen LogP contribution in [0.25, 0.3) is 22.4 Å². The lowest BCUT2D eigenvalue weighted by Gasteiger charge is -2.35. The Labute approximate surface area is 167 Å². The maximum atomic E-state index is 6.17. The van der Waals surface area contributed by atoms with E-state index in [-0.39, 0.29) is 6.04 Å². The standard InChI is InChI=1S/C21H19ClN6/c22-15-5-1-4-14(12-15)18-13-28(11-10-23-18)19-8-2-7-17(25-19)20-16-6-3-9-24-21(16)27-26-20/h1-9,12,18,23H,10-11,13H2,(H,24,26,27). The first-order valence-electron chi connectivity index (χ1n) is 9.28. The molecule has 1 fully saturated rings. The van der Waals surface area contributed by atoms with Crippen molar-refractivity contribution in [3.63, 3.8) is 0 Å². The van der Waals surface area contributed by atoms with Crippen LogP contribution in [0.1, 0.15) is 11.6 Å². The number of halogens is 1. The van der Waals surface area contributed by atoms with E-state index in [1.54, 1.807) is 6.20 Å². The summed E-state index contributed by atoms with van der Waals surface area (Å²) in [5.74, 6) is 0.956. The Balaban J connectivity index is 1.44. The minimum absolute atomic E-state index is 0.218. The Kier molecular flexibility index (Phi) is 4.43. The van der Waals surface area contributed by atoms with Crippen molar-refractivity contribution in [1.82, 2.24) is 25.5 Å². The van der Waals surface area contributed by atoms with Crippen LogP contribution < -0.4 is 10.2 Å². The van der Waals surface area contributed by atoms with Crippen LogP contribution in [0.15, 0.2) is 60.8 Å². The second-order valence-electron chi connectivity index (χ2n) is 6.86. The van der Waals surface area contributed by atoms with Gasteiger partial charge in [0.25, 0.3) is 0 Å². The molecule has 6 nitrogen and oxygen atoms in total. The monoisotopic (exact) mass is 390 g/mol. The molecule has 1 aliphatic rings. The zero-order valence-corrected chi connectivity index (χ0v) is 15.9. The van der Waals surface area contributed by atoms with Gasteiger partial charge >= 0.3 is 0 Å². The van der Waals surface area contributed by atoms with Crippen LogP contribution in [0.4, 0.5) is 5.82 Å². The molecule has 1 saturated heterocycles. The molecule has 4 aromatic rings. The molecule has 28 heavy (non-hydrogen) atoms. The fourth-order valence-electron chi connectivity index (χ4n) is 3.69. The average Bonchev–Trinajstić information content (AvgIpc) is 3.18. The highest BCUT2D eigenvalue weighted by Crippen LogP contribution is 2.27. The topological polar surface area (TPSA) is 69.7 Å². The van der Waals surface area contributed by atoms with Crippen LogP contribution in [-0.4, -0.2) is 39.8 Å². The zero-order chi connectivity index (χ0) is 18.9. The first kappa shape index (κ1) is 17.2. The Morgan fingerprint density at radius 3 is 2.93 bits per heavy atom. The highest BCUT2D eigenvalue weighted by Gasteiger charge is 2.22. The summed E-state index contributed by atoms with van der Waals surface area (Å²) in [6, 6.07) is 18.3. The van der Waals surface area contributed by atoms with Crippen molar-refractivity contribution in [2.45, 2.75) is 6.04 Å². The van der Waals surface area contributed by atoms with Gasteiger partial charge in [-0.2, -0.15) is 5.10 Å². The predicted molar refractivity (Wildman–Crippen MR) is 112 cm³/mol. The van der Waals surface area contributed by atoms with Crippen molar-refractivity contribution >= 4 is 28.5 Å². The van der Waals surface area contributed by atoms with E-state index in [2.05, 4.69) is 37.5 Å². The zero-order valence-electron chi connectivity index (χ0n) is 15.1. The van der Waals surface area contributed by atoms with Gasteiger partial charge in [0, 0.05) is 42.3 Å². The van der Waals surface area contributed by atoms with Crippen molar-refractivity contribution in [2.24, 2.45) is 0 Å². The summed E-state index contributed by atoms with van der Waals surface area (Å²) in [4.78, 5) is 11.5. The quantitative estimate of drug-likeness (QED) is 0.556. The van der Waals surface area contributed by atoms with Crippen molar-refractivity contribution < 1.29 is 0 Å². The number of rotatable bonds is 3. The molecular weight excluding hydrogens is 372 g/mol. The summed E-state index contributed by atoms with van der Waals surface area (Å²) in [6.45, 7) is 2.63. The normalized spacial score (nSPS) is 17.2. The second-order valence-corrected chi connectivity index (χ2v) is 7.30. The van der Waals surface area contributed by atoms with Gasteiger partial charge < -0.3 is 10.2 Å². The summed E-state index contributed by atoms with van der Waals surface area (Å²) >= 11 is 6.17. The SMILES string of the molecule is Clc1cccc(C2CN(c3cccc(-c4[nH]nc5ncccc45)n3)CCN2)c1. The summed E-state index contributed by atoms with van der Waals surface area (Å²) in [7, 11) is 0. The van der Waals surface area contributed by atoms with E-state index in [1.165, 1.54) is 5.56 Å². The number of piperazine rings is 1. The lowest BCUT2D eigenvalue weighted by atomic mass is 10.0. The summed E-state index contributed by atoms with van der Waals surface area (Å²) in [5.41, 5.74) is 3.66. The number of hydrogen-bond donors (Lipinski definition) is 2. The van der Waals surface area contributed by atoms with Gasteiger partial charge in [-0.1, -0.05) is 29.8 Å². The molecule has 2 N–H and O–H groups in total. The number of pyridine rings is 2. The highest BCUT2D eigenvalue weighted by atomic mass is 35.5. The van der Waals surface area contributed by atoms with E-state index < -0.39 is 0 Å². The van der Waals surface area contributed by atoms with Gasteiger partial charge in [0.05, 0.1) is 11.4 Å². The number of fused-ring (bicyclic) bond motifs is 1. The highest BCUT2D eigenvalue weighted by molar-refractivity contribution is 6.30. The number of aromatic nitrogens is 4. The fraction of sp³-hybridized carbons (Fsp3) is 0.190. The third kappa shape index (κ3) is 3.21.